The Kier molecular flexibility index (Phi) is 8.81. The van der Waals surface area contributed by atoms with Crippen LogP contribution in [0.5, 0.6) is 0 Å². The summed E-state index contributed by atoms with van der Waals surface area (Å²) >= 11 is 26.7. The Hall–Kier alpha value is -2.00. The van der Waals surface area contributed by atoms with Crippen molar-refractivity contribution in [2.45, 2.75) is 9.92 Å². The van der Waals surface area contributed by atoms with Gasteiger partial charge in [-0.2, -0.15) is 0 Å². The van der Waals surface area contributed by atoms with E-state index in [0.717, 1.165) is 20.8 Å². The van der Waals surface area contributed by atoms with Crippen LogP contribution in [0, 0.1) is 0 Å². The average molecular weight is 585 g/mol. The van der Waals surface area contributed by atoms with Crippen molar-refractivity contribution in [2.24, 2.45) is 0 Å². The number of para-hydroxylation sites is 1. The zero-order valence-electron chi connectivity index (χ0n) is 17.8. The zero-order valence-corrected chi connectivity index (χ0v) is 22.5. The van der Waals surface area contributed by atoms with Gasteiger partial charge in [0.25, 0.3) is 0 Å². The number of aromatic amines is 1. The number of halogens is 4. The molecule has 4 aromatic rings. The number of carbonyl (C=O) groups is 2. The van der Waals surface area contributed by atoms with Crippen molar-refractivity contribution in [3.05, 3.63) is 80.8 Å². The highest BCUT2D eigenvalue weighted by Gasteiger charge is 2.16. The smallest absolute Gasteiger partial charge is 0.234 e. The van der Waals surface area contributed by atoms with Gasteiger partial charge in [0.2, 0.25) is 11.8 Å². The molecule has 0 saturated heterocycles. The Balaban J connectivity index is 1.42. The van der Waals surface area contributed by atoms with Crippen LogP contribution in [0.15, 0.2) is 70.6 Å². The van der Waals surface area contributed by atoms with Gasteiger partial charge >= 0.3 is 0 Å². The van der Waals surface area contributed by atoms with Gasteiger partial charge in [-0.05, 0) is 42.5 Å². The second-order valence-electron chi connectivity index (χ2n) is 7.26. The Labute approximate surface area is 230 Å². The topological polar surface area (TPSA) is 74.0 Å². The van der Waals surface area contributed by atoms with E-state index in [-0.39, 0.29) is 23.3 Å². The van der Waals surface area contributed by atoms with Gasteiger partial charge in [-0.15, -0.1) is 11.8 Å². The van der Waals surface area contributed by atoms with Gasteiger partial charge in [-0.3, -0.25) is 9.59 Å². The van der Waals surface area contributed by atoms with Gasteiger partial charge in [0.1, 0.15) is 0 Å². The van der Waals surface area contributed by atoms with Crippen LogP contribution in [0.4, 0.5) is 11.4 Å². The van der Waals surface area contributed by atoms with Crippen LogP contribution in [-0.2, 0) is 9.59 Å². The summed E-state index contributed by atoms with van der Waals surface area (Å²) in [4.78, 5) is 29.3. The van der Waals surface area contributed by atoms with E-state index in [1.54, 1.807) is 36.4 Å². The van der Waals surface area contributed by atoms with Gasteiger partial charge in [0.15, 0.2) is 0 Å². The van der Waals surface area contributed by atoms with Crippen molar-refractivity contribution < 1.29 is 9.59 Å². The third-order valence-corrected chi connectivity index (χ3v) is 8.46. The number of fused-ring (bicyclic) bond motifs is 1. The summed E-state index contributed by atoms with van der Waals surface area (Å²) in [5.41, 5.74) is 2.06. The monoisotopic (exact) mass is 583 g/mol. The SMILES string of the molecule is O=C(CSc1[nH]c2ccccc2c1SCC(=O)Nc1ccc(Cl)c(Cl)c1)Nc1ccc(Cl)c(Cl)c1. The molecule has 0 radical (unpaired) electrons. The summed E-state index contributed by atoms with van der Waals surface area (Å²) in [6.07, 6.45) is 0. The van der Waals surface area contributed by atoms with Crippen molar-refractivity contribution in [3.8, 4) is 0 Å². The highest BCUT2D eigenvalue weighted by atomic mass is 35.5. The maximum atomic E-state index is 12.6. The van der Waals surface area contributed by atoms with Crippen LogP contribution in [0.1, 0.15) is 0 Å². The molecule has 2 amide bonds. The number of anilines is 2. The van der Waals surface area contributed by atoms with Crippen LogP contribution in [0.25, 0.3) is 10.9 Å². The Morgan fingerprint density at radius 2 is 1.26 bits per heavy atom. The summed E-state index contributed by atoms with van der Waals surface area (Å²) in [5.74, 6) is -0.0476. The molecular formula is C24H17Cl4N3O2S2. The highest BCUT2D eigenvalue weighted by Crippen LogP contribution is 2.37. The maximum Gasteiger partial charge on any atom is 0.234 e. The van der Waals surface area contributed by atoms with E-state index in [1.807, 2.05) is 24.3 Å². The first kappa shape index (κ1) is 26.1. The molecule has 0 aliphatic carbocycles. The standard InChI is InChI=1S/C24H17Cl4N3O2S2/c25-16-7-5-13(9-18(16)27)29-21(32)11-34-23-15-3-1-2-4-20(15)31-24(23)35-12-22(33)30-14-6-8-17(26)19(28)10-14/h1-10,31H,11-12H2,(H,29,32)(H,30,33). The molecule has 0 unspecified atom stereocenters. The van der Waals surface area contributed by atoms with E-state index in [4.69, 9.17) is 46.4 Å². The van der Waals surface area contributed by atoms with Crippen molar-refractivity contribution >= 4 is 104 Å². The number of nitrogens with one attached hydrogen (secondary N) is 3. The predicted molar refractivity (Wildman–Crippen MR) is 150 cm³/mol. The maximum absolute atomic E-state index is 12.6. The number of aromatic nitrogens is 1. The molecule has 3 aromatic carbocycles. The zero-order chi connectivity index (χ0) is 24.9. The molecular weight excluding hydrogens is 568 g/mol. The fraction of sp³-hybridized carbons (Fsp3) is 0.0833. The predicted octanol–water partition coefficient (Wildman–Crippen LogP) is 8.24. The van der Waals surface area contributed by atoms with Crippen LogP contribution in [0.3, 0.4) is 0 Å². The first-order valence-electron chi connectivity index (χ1n) is 10.2. The molecule has 0 bridgehead atoms. The highest BCUT2D eigenvalue weighted by molar-refractivity contribution is 8.03. The lowest BCUT2D eigenvalue weighted by atomic mass is 10.2. The molecule has 0 fully saturated rings. The van der Waals surface area contributed by atoms with Crippen molar-refractivity contribution in [1.82, 2.24) is 4.98 Å². The van der Waals surface area contributed by atoms with Gasteiger partial charge in [-0.25, -0.2) is 0 Å². The average Bonchev–Trinajstić information content (AvgIpc) is 3.18. The first-order chi connectivity index (χ1) is 16.8. The normalized spacial score (nSPS) is 11.0. The van der Waals surface area contributed by atoms with Crippen molar-refractivity contribution in [1.29, 1.82) is 0 Å². The fourth-order valence-corrected chi connectivity index (χ4v) is 5.74. The van der Waals surface area contributed by atoms with Crippen LogP contribution >= 0.6 is 69.9 Å². The molecule has 180 valence electrons. The minimum Gasteiger partial charge on any atom is -0.349 e. The summed E-state index contributed by atoms with van der Waals surface area (Å²) in [6, 6.07) is 17.6. The molecule has 35 heavy (non-hydrogen) atoms. The van der Waals surface area contributed by atoms with Crippen molar-refractivity contribution in [2.75, 3.05) is 22.1 Å². The Morgan fingerprint density at radius 3 is 1.83 bits per heavy atom. The number of hydrogen-bond acceptors (Lipinski definition) is 4. The van der Waals surface area contributed by atoms with Gasteiger partial charge in [0.05, 0.1) is 36.6 Å². The Morgan fingerprint density at radius 1 is 0.714 bits per heavy atom. The van der Waals surface area contributed by atoms with E-state index < -0.39 is 0 Å². The molecule has 0 saturated carbocycles. The molecule has 4 rings (SSSR count). The summed E-state index contributed by atoms with van der Waals surface area (Å²) < 4.78 is 0. The summed E-state index contributed by atoms with van der Waals surface area (Å²) in [5, 5.41) is 8.99. The van der Waals surface area contributed by atoms with E-state index >= 15 is 0 Å². The molecule has 0 aliphatic heterocycles. The van der Waals surface area contributed by atoms with Gasteiger partial charge < -0.3 is 15.6 Å². The minimum atomic E-state index is -0.194. The lowest BCUT2D eigenvalue weighted by Gasteiger charge is -2.08. The molecule has 0 spiro atoms. The first-order valence-corrected chi connectivity index (χ1v) is 13.6. The number of carbonyl (C=O) groups excluding carboxylic acids is 2. The molecule has 1 aromatic heterocycles. The van der Waals surface area contributed by atoms with Crippen LogP contribution in [0.2, 0.25) is 20.1 Å². The fourth-order valence-electron chi connectivity index (χ4n) is 3.15. The molecule has 0 atom stereocenters. The number of amides is 2. The second-order valence-corrected chi connectivity index (χ2v) is 10.9. The molecule has 3 N–H and O–H groups in total. The van der Waals surface area contributed by atoms with Crippen LogP contribution < -0.4 is 10.6 Å². The largest absolute Gasteiger partial charge is 0.349 e. The second kappa shape index (κ2) is 11.8. The molecule has 0 aliphatic rings. The lowest BCUT2D eigenvalue weighted by molar-refractivity contribution is -0.114. The van der Waals surface area contributed by atoms with E-state index in [9.17, 15) is 9.59 Å². The number of rotatable bonds is 8. The van der Waals surface area contributed by atoms with E-state index in [0.29, 0.717) is 31.5 Å². The summed E-state index contributed by atoms with van der Waals surface area (Å²) in [6.45, 7) is 0. The molecule has 5 nitrogen and oxygen atoms in total. The third kappa shape index (κ3) is 6.82. The molecule has 1 heterocycles. The number of benzene rings is 3. The third-order valence-electron chi connectivity index (χ3n) is 4.73. The molecule has 11 heteroatoms. The quantitative estimate of drug-likeness (QED) is 0.182. The van der Waals surface area contributed by atoms with E-state index in [1.165, 1.54) is 23.5 Å². The number of H-pyrrole nitrogens is 1. The number of thioether (sulfide) groups is 2. The van der Waals surface area contributed by atoms with Gasteiger partial charge in [0, 0.05) is 27.2 Å². The van der Waals surface area contributed by atoms with E-state index in [2.05, 4.69) is 15.6 Å². The Bertz CT molecular complexity index is 1410. The number of hydrogen-bond donors (Lipinski definition) is 3. The van der Waals surface area contributed by atoms with Crippen LogP contribution in [-0.4, -0.2) is 28.3 Å². The van der Waals surface area contributed by atoms with Crippen molar-refractivity contribution in [3.63, 3.8) is 0 Å². The van der Waals surface area contributed by atoms with Gasteiger partial charge in [-0.1, -0.05) is 76.4 Å². The minimum absolute atomic E-state index is 0.163. The lowest BCUT2D eigenvalue weighted by Crippen LogP contribution is -2.14. The summed E-state index contributed by atoms with van der Waals surface area (Å²) in [7, 11) is 0.